The number of rotatable bonds is 6. The van der Waals surface area contributed by atoms with E-state index in [1.54, 1.807) is 6.07 Å². The molecule has 3 heterocycles. The molecule has 0 unspecified atom stereocenters. The summed E-state index contributed by atoms with van der Waals surface area (Å²) in [5, 5.41) is 13.7. The third kappa shape index (κ3) is 6.42. The second kappa shape index (κ2) is 14.8. The van der Waals surface area contributed by atoms with Crippen LogP contribution in [0.1, 0.15) is 26.3 Å². The fourth-order valence-corrected chi connectivity index (χ4v) is 7.93. The molecule has 10 aromatic rings. The van der Waals surface area contributed by atoms with Gasteiger partial charge in [0.2, 0.25) is 0 Å². The molecular weight excluding hydrogens is 894 g/mol. The number of para-hydroxylation sites is 3. The summed E-state index contributed by atoms with van der Waals surface area (Å²) >= 11 is 0. The molecule has 284 valence electrons. The van der Waals surface area contributed by atoms with E-state index in [-0.39, 0.29) is 32.2 Å². The van der Waals surface area contributed by atoms with Crippen molar-refractivity contribution < 1.29 is 30.6 Å². The third-order valence-corrected chi connectivity index (χ3v) is 10.8. The van der Waals surface area contributed by atoms with Gasteiger partial charge in [0.15, 0.2) is 5.82 Å². The van der Waals surface area contributed by atoms with E-state index in [1.807, 2.05) is 60.8 Å². The predicted molar refractivity (Wildman–Crippen MR) is 233 cm³/mol. The van der Waals surface area contributed by atoms with Gasteiger partial charge in [-0.1, -0.05) is 147 Å². The standard InChI is InChI=1S/C52H38N3O2.Pt/c1-52(2,3)38-30-36(29-37(31-38)43-32-35(27-28-53-43)33-15-6-4-7-16-33)40-21-14-23-45-49(40)54-51(55(45)44-22-12-10-19-39(44)34-17-8-5-9-18-34)48-46(56)26-25-42-41-20-11-13-24-47(41)57-50(42)48;/h4-28,30-32,56H,1-3H3;/q-1;. The SMILES string of the molecule is CC(C)(C)c1cc(-c2cc(-c3ccccc3)ccn2)[c-]c(-c2cccc3c2nc(-c2c(O)ccc4c2oc2ccccc24)n3-c2ccccc2-c2ccccc2)c1.[Pt]. The summed E-state index contributed by atoms with van der Waals surface area (Å²) < 4.78 is 8.74. The largest absolute Gasteiger partial charge is 0.507 e. The first-order valence-corrected chi connectivity index (χ1v) is 19.2. The van der Waals surface area contributed by atoms with Crippen molar-refractivity contribution >= 4 is 33.0 Å². The topological polar surface area (TPSA) is 64.1 Å². The van der Waals surface area contributed by atoms with Crippen LogP contribution in [0.4, 0.5) is 0 Å². The fraction of sp³-hybridized carbons (Fsp3) is 0.0769. The number of phenolic OH excluding ortho intramolecular Hbond substituents is 1. The van der Waals surface area contributed by atoms with E-state index in [9.17, 15) is 5.11 Å². The summed E-state index contributed by atoms with van der Waals surface area (Å²) in [5.41, 5.74) is 13.4. The molecule has 3 aromatic heterocycles. The molecule has 0 fully saturated rings. The number of imidazole rings is 1. The first-order valence-electron chi connectivity index (χ1n) is 19.2. The monoisotopic (exact) mass is 931 g/mol. The number of aromatic nitrogens is 3. The van der Waals surface area contributed by atoms with Crippen molar-refractivity contribution in [3.05, 3.63) is 182 Å². The second-order valence-corrected chi connectivity index (χ2v) is 15.5. The Balaban J connectivity index is 0.00000436. The predicted octanol–water partition coefficient (Wildman–Crippen LogP) is 13.5. The summed E-state index contributed by atoms with van der Waals surface area (Å²) in [6.45, 7) is 6.69. The first-order chi connectivity index (χ1) is 27.8. The van der Waals surface area contributed by atoms with Crippen LogP contribution < -0.4 is 0 Å². The van der Waals surface area contributed by atoms with E-state index in [2.05, 4.69) is 135 Å². The van der Waals surface area contributed by atoms with E-state index < -0.39 is 0 Å². The minimum absolute atomic E-state index is 0. The molecule has 6 heteroatoms. The summed E-state index contributed by atoms with van der Waals surface area (Å²) in [6, 6.07) is 59.5. The molecular formula is C52H38N3O2Pt-. The normalized spacial score (nSPS) is 11.6. The van der Waals surface area contributed by atoms with Crippen molar-refractivity contribution in [3.8, 4) is 67.5 Å². The van der Waals surface area contributed by atoms with Gasteiger partial charge in [-0.2, -0.15) is 0 Å². The number of pyridine rings is 1. The van der Waals surface area contributed by atoms with Gasteiger partial charge in [0, 0.05) is 49.3 Å². The Kier molecular flexibility index (Phi) is 9.42. The molecule has 10 rings (SSSR count). The maximum absolute atomic E-state index is 11.8. The van der Waals surface area contributed by atoms with Gasteiger partial charge in [-0.15, -0.1) is 29.3 Å². The average Bonchev–Trinajstić information content (AvgIpc) is 3.82. The number of nitrogens with zero attached hydrogens (tertiary/aromatic N) is 3. The molecule has 0 aliphatic carbocycles. The summed E-state index contributed by atoms with van der Waals surface area (Å²) in [7, 11) is 0. The molecule has 5 nitrogen and oxygen atoms in total. The average molecular weight is 932 g/mol. The van der Waals surface area contributed by atoms with Crippen LogP contribution in [0.2, 0.25) is 0 Å². The smallest absolute Gasteiger partial charge is 0.152 e. The van der Waals surface area contributed by atoms with Crippen LogP contribution in [0.25, 0.3) is 94.7 Å². The zero-order valence-corrected chi connectivity index (χ0v) is 34.5. The Morgan fingerprint density at radius 1 is 0.621 bits per heavy atom. The van der Waals surface area contributed by atoms with Crippen molar-refractivity contribution in [2.75, 3.05) is 0 Å². The number of hydrogen-bond acceptors (Lipinski definition) is 4. The van der Waals surface area contributed by atoms with Crippen LogP contribution in [-0.2, 0) is 26.5 Å². The molecule has 0 saturated carbocycles. The number of furan rings is 1. The van der Waals surface area contributed by atoms with Gasteiger partial charge in [-0.05, 0) is 58.5 Å². The van der Waals surface area contributed by atoms with Crippen LogP contribution >= 0.6 is 0 Å². The van der Waals surface area contributed by atoms with Gasteiger partial charge in [0.05, 0.1) is 16.7 Å². The van der Waals surface area contributed by atoms with Crippen LogP contribution in [-0.4, -0.2) is 19.6 Å². The number of hydrogen-bond donors (Lipinski definition) is 1. The van der Waals surface area contributed by atoms with Crippen molar-refractivity contribution in [2.24, 2.45) is 0 Å². The van der Waals surface area contributed by atoms with E-state index >= 15 is 0 Å². The number of benzene rings is 7. The van der Waals surface area contributed by atoms with Gasteiger partial charge >= 0.3 is 0 Å². The fourth-order valence-electron chi connectivity index (χ4n) is 7.93. The first kappa shape index (κ1) is 37.0. The zero-order chi connectivity index (χ0) is 38.7. The maximum atomic E-state index is 11.8. The molecule has 0 aliphatic heterocycles. The second-order valence-electron chi connectivity index (χ2n) is 15.5. The summed E-state index contributed by atoms with van der Waals surface area (Å²) in [6.07, 6.45) is 1.87. The van der Waals surface area contributed by atoms with Crippen molar-refractivity contribution in [2.45, 2.75) is 26.2 Å². The van der Waals surface area contributed by atoms with E-state index in [0.717, 1.165) is 83.3 Å². The summed E-state index contributed by atoms with van der Waals surface area (Å²) in [4.78, 5) is 10.4. The number of fused-ring (bicyclic) bond motifs is 4. The molecule has 0 amide bonds. The van der Waals surface area contributed by atoms with Crippen molar-refractivity contribution in [1.29, 1.82) is 0 Å². The van der Waals surface area contributed by atoms with E-state index in [1.165, 1.54) is 0 Å². The maximum Gasteiger partial charge on any atom is 0.152 e. The molecule has 0 spiro atoms. The van der Waals surface area contributed by atoms with E-state index in [4.69, 9.17) is 14.4 Å². The Labute approximate surface area is 351 Å². The van der Waals surface area contributed by atoms with Crippen LogP contribution in [0.5, 0.6) is 5.75 Å². The van der Waals surface area contributed by atoms with Gasteiger partial charge < -0.3 is 9.52 Å². The van der Waals surface area contributed by atoms with Crippen molar-refractivity contribution in [1.82, 2.24) is 14.5 Å². The molecule has 0 saturated heterocycles. The van der Waals surface area contributed by atoms with Gasteiger partial charge in [-0.3, -0.25) is 9.55 Å². The minimum atomic E-state index is -0.161. The molecule has 0 aliphatic rings. The van der Waals surface area contributed by atoms with Crippen LogP contribution in [0, 0.1) is 6.07 Å². The Bertz CT molecular complexity index is 3120. The number of phenols is 1. The molecule has 0 bridgehead atoms. The Hall–Kier alpha value is -6.55. The van der Waals surface area contributed by atoms with Crippen LogP contribution in [0.3, 0.4) is 0 Å². The Morgan fingerprint density at radius 3 is 2.10 bits per heavy atom. The van der Waals surface area contributed by atoms with Crippen LogP contribution in [0.15, 0.2) is 174 Å². The molecule has 1 N–H and O–H groups in total. The zero-order valence-electron chi connectivity index (χ0n) is 32.2. The summed E-state index contributed by atoms with van der Waals surface area (Å²) in [5.74, 6) is 0.664. The minimum Gasteiger partial charge on any atom is -0.507 e. The quantitative estimate of drug-likeness (QED) is 0.169. The van der Waals surface area contributed by atoms with Gasteiger partial charge in [0.1, 0.15) is 22.5 Å². The van der Waals surface area contributed by atoms with Crippen molar-refractivity contribution in [3.63, 3.8) is 0 Å². The third-order valence-electron chi connectivity index (χ3n) is 10.8. The van der Waals surface area contributed by atoms with Gasteiger partial charge in [0.25, 0.3) is 0 Å². The van der Waals surface area contributed by atoms with Gasteiger partial charge in [-0.25, -0.2) is 4.98 Å². The molecule has 0 radical (unpaired) electrons. The number of aromatic hydroxyl groups is 1. The Morgan fingerprint density at radius 2 is 1.31 bits per heavy atom. The molecule has 7 aromatic carbocycles. The van der Waals surface area contributed by atoms with E-state index in [0.29, 0.717) is 17.0 Å². The molecule has 0 atom stereocenters. The molecule has 58 heavy (non-hydrogen) atoms.